The molecule has 11 heavy (non-hydrogen) atoms. The lowest BCUT2D eigenvalue weighted by molar-refractivity contribution is -0.133. The Morgan fingerprint density at radius 3 is 2.73 bits per heavy atom. The molecule has 3 N–H and O–H groups in total. The smallest absolute Gasteiger partial charge is 0.327 e. The largest absolute Gasteiger partial charge is 0.407 e. The number of nitrogens with two attached hydrogens (primary N) is 1. The summed E-state index contributed by atoms with van der Waals surface area (Å²) in [4.78, 5) is 10.4. The van der Waals surface area contributed by atoms with Gasteiger partial charge < -0.3 is 9.47 Å². The van der Waals surface area contributed by atoms with Crippen molar-refractivity contribution in [3.05, 3.63) is 0 Å². The average Bonchev–Trinajstić information content (AvgIpc) is 2.02. The third-order valence-electron chi connectivity index (χ3n) is 0.845. The maximum atomic E-state index is 10.4. The molecule has 64 valence electrons. The van der Waals surface area contributed by atoms with Crippen LogP contribution in [-0.4, -0.2) is 31.1 Å². The van der Waals surface area contributed by atoms with Crippen LogP contribution in [0.15, 0.2) is 0 Å². The van der Waals surface area contributed by atoms with Gasteiger partial charge in [-0.15, -0.1) is 11.6 Å². The summed E-state index contributed by atoms with van der Waals surface area (Å²) < 4.78 is 8.80. The second kappa shape index (κ2) is 5.06. The molecule has 0 aromatic rings. The van der Waals surface area contributed by atoms with Gasteiger partial charge in [0, 0.05) is 7.11 Å². The number of nitrogens with one attached hydrogen (secondary N) is 1. The molecule has 0 rings (SSSR count). The van der Waals surface area contributed by atoms with Gasteiger partial charge in [-0.1, -0.05) is 0 Å². The molecule has 0 heterocycles. The zero-order valence-corrected chi connectivity index (χ0v) is 6.72. The Morgan fingerprint density at radius 1 is 1.82 bits per heavy atom. The normalized spacial score (nSPS) is 12.3. The number of halogens is 1. The quantitative estimate of drug-likeness (QED) is 0.205. The monoisotopic (exact) mass is 180 g/mol. The highest BCUT2D eigenvalue weighted by Gasteiger charge is 2.12. The predicted octanol–water partition coefficient (Wildman–Crippen LogP) is -0.323. The van der Waals surface area contributed by atoms with Crippen LogP contribution in [0.1, 0.15) is 0 Å². The summed E-state index contributed by atoms with van der Waals surface area (Å²) >= 11 is 5.09. The van der Waals surface area contributed by atoms with Crippen LogP contribution >= 0.6 is 11.6 Å². The SMILES string of the molecule is COC(N)C(=N)OC(=O)CCl. The van der Waals surface area contributed by atoms with E-state index in [-0.39, 0.29) is 5.88 Å². The lowest BCUT2D eigenvalue weighted by atomic mass is 10.6. The van der Waals surface area contributed by atoms with Crippen LogP contribution in [0, 0.1) is 5.41 Å². The highest BCUT2D eigenvalue weighted by molar-refractivity contribution is 6.27. The van der Waals surface area contributed by atoms with Crippen molar-refractivity contribution in [2.45, 2.75) is 6.23 Å². The van der Waals surface area contributed by atoms with E-state index >= 15 is 0 Å². The first kappa shape index (κ1) is 10.3. The molecule has 0 saturated heterocycles. The van der Waals surface area contributed by atoms with Gasteiger partial charge in [-0.3, -0.25) is 15.9 Å². The number of carbonyl (C=O) groups is 1. The van der Waals surface area contributed by atoms with E-state index in [4.69, 9.17) is 22.7 Å². The molecule has 1 atom stereocenters. The van der Waals surface area contributed by atoms with Gasteiger partial charge in [-0.05, 0) is 0 Å². The molecule has 5 nitrogen and oxygen atoms in total. The van der Waals surface area contributed by atoms with Crippen LogP contribution in [0.5, 0.6) is 0 Å². The van der Waals surface area contributed by atoms with Crippen molar-refractivity contribution in [1.82, 2.24) is 0 Å². The molecule has 0 aliphatic carbocycles. The Kier molecular flexibility index (Phi) is 4.76. The minimum atomic E-state index is -1.01. The summed E-state index contributed by atoms with van der Waals surface area (Å²) in [6, 6.07) is 0. The van der Waals surface area contributed by atoms with Gasteiger partial charge in [0.05, 0.1) is 0 Å². The molecular weight excluding hydrogens is 172 g/mol. The van der Waals surface area contributed by atoms with Crippen molar-refractivity contribution in [3.63, 3.8) is 0 Å². The van der Waals surface area contributed by atoms with Gasteiger partial charge in [0.1, 0.15) is 5.88 Å². The fourth-order valence-corrected chi connectivity index (χ4v) is 0.370. The third-order valence-corrected chi connectivity index (χ3v) is 1.06. The molecule has 0 radical (unpaired) electrons. The van der Waals surface area contributed by atoms with Gasteiger partial charge in [0.15, 0.2) is 6.23 Å². The second-order valence-corrected chi connectivity index (χ2v) is 1.90. The first-order valence-electron chi connectivity index (χ1n) is 2.75. The van der Waals surface area contributed by atoms with Gasteiger partial charge in [0.2, 0.25) is 5.90 Å². The molecule has 0 aliphatic rings. The number of hydrogen-bond donors (Lipinski definition) is 2. The van der Waals surface area contributed by atoms with E-state index in [2.05, 4.69) is 9.47 Å². The molecule has 0 aromatic carbocycles. The van der Waals surface area contributed by atoms with E-state index in [0.29, 0.717) is 0 Å². The molecule has 0 amide bonds. The molecule has 0 aliphatic heterocycles. The second-order valence-electron chi connectivity index (χ2n) is 1.63. The van der Waals surface area contributed by atoms with Crippen molar-refractivity contribution in [1.29, 1.82) is 5.41 Å². The van der Waals surface area contributed by atoms with E-state index in [1.807, 2.05) is 0 Å². The first-order chi connectivity index (χ1) is 5.11. The molecular formula is C5H9ClN2O3. The van der Waals surface area contributed by atoms with Crippen molar-refractivity contribution in [2.75, 3.05) is 13.0 Å². The Hall–Kier alpha value is -0.650. The third kappa shape index (κ3) is 3.92. The highest BCUT2D eigenvalue weighted by atomic mass is 35.5. The lowest BCUT2D eigenvalue weighted by Crippen LogP contribution is -2.35. The van der Waals surface area contributed by atoms with Crippen molar-refractivity contribution in [3.8, 4) is 0 Å². The van der Waals surface area contributed by atoms with Gasteiger partial charge >= 0.3 is 5.97 Å². The first-order valence-corrected chi connectivity index (χ1v) is 3.28. The predicted molar refractivity (Wildman–Crippen MR) is 39.5 cm³/mol. The number of esters is 1. The van der Waals surface area contributed by atoms with Crippen LogP contribution in [-0.2, 0) is 14.3 Å². The minimum absolute atomic E-state index is 0.307. The minimum Gasteiger partial charge on any atom is -0.407 e. The number of rotatable bonds is 3. The molecule has 0 aromatic heterocycles. The molecule has 1 unspecified atom stereocenters. The van der Waals surface area contributed by atoms with Crippen LogP contribution in [0.2, 0.25) is 0 Å². The molecule has 0 fully saturated rings. The zero-order chi connectivity index (χ0) is 8.85. The summed E-state index contributed by atoms with van der Waals surface area (Å²) in [5.74, 6) is -1.47. The fraction of sp³-hybridized carbons (Fsp3) is 0.600. The average molecular weight is 181 g/mol. The highest BCUT2D eigenvalue weighted by Crippen LogP contribution is 1.89. The summed E-state index contributed by atoms with van der Waals surface area (Å²) in [6.45, 7) is 0. The topological polar surface area (TPSA) is 85.4 Å². The summed E-state index contributed by atoms with van der Waals surface area (Å²) in [5, 5.41) is 6.98. The Labute approximate surface area is 68.9 Å². The summed E-state index contributed by atoms with van der Waals surface area (Å²) in [6.07, 6.45) is -1.01. The maximum absolute atomic E-state index is 10.4. The van der Waals surface area contributed by atoms with Gasteiger partial charge in [-0.2, -0.15) is 0 Å². The van der Waals surface area contributed by atoms with Gasteiger partial charge in [0.25, 0.3) is 0 Å². The summed E-state index contributed by atoms with van der Waals surface area (Å²) in [5.41, 5.74) is 5.15. The van der Waals surface area contributed by atoms with Crippen LogP contribution in [0.3, 0.4) is 0 Å². The number of hydrogen-bond acceptors (Lipinski definition) is 5. The van der Waals surface area contributed by atoms with E-state index in [0.717, 1.165) is 0 Å². The zero-order valence-electron chi connectivity index (χ0n) is 5.96. The number of alkyl halides is 1. The van der Waals surface area contributed by atoms with Gasteiger partial charge in [-0.25, -0.2) is 0 Å². The Morgan fingerprint density at radius 2 is 2.36 bits per heavy atom. The Bertz CT molecular complexity index is 162. The van der Waals surface area contributed by atoms with Crippen LogP contribution < -0.4 is 5.73 Å². The molecule has 0 bridgehead atoms. The standard InChI is InChI=1S/C5H9ClN2O3/c1-10-4(7)5(8)11-3(9)2-6/h4,8H,2,7H2,1H3. The van der Waals surface area contributed by atoms with Crippen molar-refractivity contribution >= 4 is 23.5 Å². The molecule has 6 heteroatoms. The molecule has 0 saturated carbocycles. The Balaban J connectivity index is 3.77. The summed E-state index contributed by atoms with van der Waals surface area (Å²) in [7, 11) is 1.30. The number of carbonyl (C=O) groups excluding carboxylic acids is 1. The van der Waals surface area contributed by atoms with E-state index < -0.39 is 18.1 Å². The number of ether oxygens (including phenoxy) is 2. The fourth-order valence-electron chi connectivity index (χ4n) is 0.315. The van der Waals surface area contributed by atoms with Crippen LogP contribution in [0.4, 0.5) is 0 Å². The van der Waals surface area contributed by atoms with E-state index in [9.17, 15) is 4.79 Å². The number of methoxy groups -OCH3 is 1. The van der Waals surface area contributed by atoms with Crippen molar-refractivity contribution in [2.24, 2.45) is 5.73 Å². The van der Waals surface area contributed by atoms with Crippen LogP contribution in [0.25, 0.3) is 0 Å². The molecule has 0 spiro atoms. The lowest BCUT2D eigenvalue weighted by Gasteiger charge is -2.09. The van der Waals surface area contributed by atoms with Crippen molar-refractivity contribution < 1.29 is 14.3 Å². The van der Waals surface area contributed by atoms with E-state index in [1.54, 1.807) is 0 Å². The maximum Gasteiger partial charge on any atom is 0.327 e. The van der Waals surface area contributed by atoms with E-state index in [1.165, 1.54) is 7.11 Å².